The van der Waals surface area contributed by atoms with Crippen molar-refractivity contribution in [2.24, 2.45) is 0 Å². The number of nitrogens with zero attached hydrogens (tertiary/aromatic N) is 4. The summed E-state index contributed by atoms with van der Waals surface area (Å²) >= 11 is 12.4. The molecule has 0 bridgehead atoms. The summed E-state index contributed by atoms with van der Waals surface area (Å²) in [7, 11) is -2.11. The number of carbonyl (C=O) groups is 1. The van der Waals surface area contributed by atoms with Gasteiger partial charge in [0.05, 0.1) is 17.8 Å². The SMILES string of the molecule is CC(C)(C)[Si](C)(C)OCCN(C(=O)c1c(Cl)ncnc1Cl)c1cc2ccn(-c3ccccc3)c2cc1F. The van der Waals surface area contributed by atoms with Crippen LogP contribution in [0, 0.1) is 5.82 Å². The molecule has 1 amide bonds. The fourth-order valence-corrected chi connectivity index (χ4v) is 5.27. The zero-order valence-corrected chi connectivity index (χ0v) is 23.9. The second kappa shape index (κ2) is 10.5. The smallest absolute Gasteiger partial charge is 0.264 e. The molecule has 0 fully saturated rings. The van der Waals surface area contributed by atoms with Crippen LogP contribution in [0.4, 0.5) is 10.1 Å². The van der Waals surface area contributed by atoms with Gasteiger partial charge in [-0.1, -0.05) is 62.2 Å². The maximum Gasteiger partial charge on any atom is 0.264 e. The van der Waals surface area contributed by atoms with Gasteiger partial charge in [-0.05, 0) is 42.4 Å². The molecule has 2 aromatic carbocycles. The molecule has 0 aliphatic heterocycles. The molecule has 4 rings (SSSR count). The zero-order chi connectivity index (χ0) is 27.0. The summed E-state index contributed by atoms with van der Waals surface area (Å²) in [6, 6.07) is 14.6. The van der Waals surface area contributed by atoms with E-state index in [2.05, 4.69) is 43.8 Å². The highest BCUT2D eigenvalue weighted by molar-refractivity contribution is 6.74. The van der Waals surface area contributed by atoms with E-state index in [0.717, 1.165) is 11.1 Å². The molecule has 0 saturated heterocycles. The fourth-order valence-electron chi connectivity index (χ4n) is 3.76. The molecule has 194 valence electrons. The molecule has 0 N–H and O–H groups in total. The van der Waals surface area contributed by atoms with Crippen LogP contribution < -0.4 is 4.90 Å². The molecule has 37 heavy (non-hydrogen) atoms. The maximum atomic E-state index is 15.7. The van der Waals surface area contributed by atoms with Crippen molar-refractivity contribution in [3.63, 3.8) is 0 Å². The summed E-state index contributed by atoms with van der Waals surface area (Å²) in [5, 5.41) is 0.547. The Morgan fingerprint density at radius 2 is 1.73 bits per heavy atom. The third kappa shape index (κ3) is 5.57. The van der Waals surface area contributed by atoms with Crippen LogP contribution in [0.15, 0.2) is 61.1 Å². The zero-order valence-electron chi connectivity index (χ0n) is 21.4. The Bertz CT molecular complexity index is 1420. The molecule has 0 atom stereocenters. The minimum atomic E-state index is -2.11. The second-order valence-corrected chi connectivity index (χ2v) is 15.8. The molecule has 2 heterocycles. The number of para-hydroxylation sites is 1. The molecule has 2 aromatic heterocycles. The highest BCUT2D eigenvalue weighted by Gasteiger charge is 2.37. The Morgan fingerprint density at radius 3 is 2.35 bits per heavy atom. The molecule has 0 spiro atoms. The molecular weight excluding hydrogens is 530 g/mol. The lowest BCUT2D eigenvalue weighted by Gasteiger charge is -2.37. The van der Waals surface area contributed by atoms with Gasteiger partial charge in [-0.3, -0.25) is 4.79 Å². The number of fused-ring (bicyclic) bond motifs is 1. The first kappa shape index (κ1) is 27.3. The van der Waals surface area contributed by atoms with E-state index in [9.17, 15) is 4.79 Å². The van der Waals surface area contributed by atoms with Gasteiger partial charge in [-0.15, -0.1) is 0 Å². The molecule has 0 radical (unpaired) electrons. The Balaban J connectivity index is 1.75. The Labute approximate surface area is 227 Å². The quantitative estimate of drug-likeness (QED) is 0.173. The van der Waals surface area contributed by atoms with Gasteiger partial charge in [0.15, 0.2) is 8.32 Å². The van der Waals surface area contributed by atoms with Crippen LogP contribution in [0.5, 0.6) is 0 Å². The summed E-state index contributed by atoms with van der Waals surface area (Å²) in [6.07, 6.45) is 3.04. The molecule has 0 aliphatic rings. The van der Waals surface area contributed by atoms with Crippen LogP contribution in [0.3, 0.4) is 0 Å². The van der Waals surface area contributed by atoms with Gasteiger partial charge < -0.3 is 13.9 Å². The van der Waals surface area contributed by atoms with Crippen molar-refractivity contribution in [2.45, 2.75) is 38.9 Å². The highest BCUT2D eigenvalue weighted by Crippen LogP contribution is 2.37. The molecule has 0 unspecified atom stereocenters. The van der Waals surface area contributed by atoms with Gasteiger partial charge in [0.25, 0.3) is 5.91 Å². The number of benzene rings is 2. The van der Waals surface area contributed by atoms with E-state index in [-0.39, 0.29) is 39.7 Å². The lowest BCUT2D eigenvalue weighted by atomic mass is 10.1. The fraction of sp³-hybridized carbons (Fsp3) is 0.296. The lowest BCUT2D eigenvalue weighted by molar-refractivity contribution is 0.0980. The first-order valence-corrected chi connectivity index (χ1v) is 15.5. The number of aromatic nitrogens is 3. The van der Waals surface area contributed by atoms with E-state index in [4.69, 9.17) is 27.6 Å². The number of amides is 1. The standard InChI is InChI=1S/C27H29Cl2FN4O2Si/c1-27(2,3)37(4,5)36-14-13-34(26(35)23-24(28)31-17-32-25(23)29)22-15-18-11-12-33(21(18)16-20(22)30)19-9-7-6-8-10-19/h6-12,15-17H,13-14H2,1-5H3. The normalized spacial score (nSPS) is 12.2. The monoisotopic (exact) mass is 558 g/mol. The van der Waals surface area contributed by atoms with Crippen LogP contribution in [-0.2, 0) is 4.43 Å². The maximum absolute atomic E-state index is 15.7. The van der Waals surface area contributed by atoms with Crippen LogP contribution in [0.1, 0.15) is 31.1 Å². The summed E-state index contributed by atoms with van der Waals surface area (Å²) in [4.78, 5) is 22.8. The molecule has 6 nitrogen and oxygen atoms in total. The van der Waals surface area contributed by atoms with Crippen molar-refractivity contribution in [2.75, 3.05) is 18.1 Å². The predicted octanol–water partition coefficient (Wildman–Crippen LogP) is 7.54. The Kier molecular flexibility index (Phi) is 7.76. The number of hydrogen-bond acceptors (Lipinski definition) is 4. The summed E-state index contributed by atoms with van der Waals surface area (Å²) in [6.45, 7) is 11.0. The first-order valence-electron chi connectivity index (χ1n) is 11.9. The lowest BCUT2D eigenvalue weighted by Crippen LogP contribution is -2.44. The van der Waals surface area contributed by atoms with Crippen molar-refractivity contribution in [1.82, 2.24) is 14.5 Å². The average molecular weight is 560 g/mol. The minimum absolute atomic E-state index is 0.0216. The van der Waals surface area contributed by atoms with E-state index in [1.54, 1.807) is 6.07 Å². The number of hydrogen-bond donors (Lipinski definition) is 0. The van der Waals surface area contributed by atoms with Crippen molar-refractivity contribution in [3.05, 3.63) is 82.7 Å². The largest absolute Gasteiger partial charge is 0.415 e. The first-order chi connectivity index (χ1) is 17.4. The summed E-state index contributed by atoms with van der Waals surface area (Å²) < 4.78 is 23.9. The van der Waals surface area contributed by atoms with Crippen molar-refractivity contribution in [1.29, 1.82) is 0 Å². The number of anilines is 1. The number of rotatable bonds is 7. The number of carbonyl (C=O) groups excluding carboxylic acids is 1. The van der Waals surface area contributed by atoms with Crippen LogP contribution in [0.2, 0.25) is 28.4 Å². The van der Waals surface area contributed by atoms with Crippen molar-refractivity contribution < 1.29 is 13.6 Å². The Hall–Kier alpha value is -2.78. The van der Waals surface area contributed by atoms with Crippen LogP contribution in [-0.4, -0.2) is 41.9 Å². The van der Waals surface area contributed by atoms with Gasteiger partial charge in [0.2, 0.25) is 0 Å². The number of halogens is 3. The third-order valence-electron chi connectivity index (χ3n) is 6.88. The van der Waals surface area contributed by atoms with E-state index < -0.39 is 20.0 Å². The molecular formula is C27H29Cl2FN4O2Si. The van der Waals surface area contributed by atoms with E-state index >= 15 is 4.39 Å². The van der Waals surface area contributed by atoms with E-state index in [0.29, 0.717) is 5.52 Å². The van der Waals surface area contributed by atoms with Crippen molar-refractivity contribution in [3.8, 4) is 5.69 Å². The molecule has 10 heteroatoms. The molecule has 0 aliphatic carbocycles. The highest BCUT2D eigenvalue weighted by atomic mass is 35.5. The second-order valence-electron chi connectivity index (χ2n) is 10.3. The molecule has 0 saturated carbocycles. The van der Waals surface area contributed by atoms with E-state index in [1.165, 1.54) is 17.3 Å². The topological polar surface area (TPSA) is 60.2 Å². The summed E-state index contributed by atoms with van der Waals surface area (Å²) in [5.74, 6) is -1.16. The van der Waals surface area contributed by atoms with E-state index in [1.807, 2.05) is 47.2 Å². The van der Waals surface area contributed by atoms with Gasteiger partial charge in [-0.25, -0.2) is 14.4 Å². The average Bonchev–Trinajstić information content (AvgIpc) is 3.23. The Morgan fingerprint density at radius 1 is 1.08 bits per heavy atom. The van der Waals surface area contributed by atoms with Gasteiger partial charge in [0.1, 0.15) is 28.0 Å². The van der Waals surface area contributed by atoms with Gasteiger partial charge >= 0.3 is 0 Å². The van der Waals surface area contributed by atoms with Crippen LogP contribution >= 0.6 is 23.2 Å². The molecule has 4 aromatic rings. The van der Waals surface area contributed by atoms with Crippen molar-refractivity contribution >= 4 is 54.0 Å². The minimum Gasteiger partial charge on any atom is -0.415 e. The van der Waals surface area contributed by atoms with Gasteiger partial charge in [0, 0.05) is 29.9 Å². The third-order valence-corrected chi connectivity index (χ3v) is 12.0. The van der Waals surface area contributed by atoms with Gasteiger partial charge in [-0.2, -0.15) is 0 Å². The van der Waals surface area contributed by atoms with Crippen LogP contribution in [0.25, 0.3) is 16.6 Å². The summed E-state index contributed by atoms with van der Waals surface area (Å²) in [5.41, 5.74) is 1.59. The predicted molar refractivity (Wildman–Crippen MR) is 150 cm³/mol.